The minimum atomic E-state index is -0.00473. The molecule has 106 valence electrons. The van der Waals surface area contributed by atoms with Crippen LogP contribution in [0, 0.1) is 0 Å². The number of anilines is 1. The first kappa shape index (κ1) is 14.6. The lowest BCUT2D eigenvalue weighted by Gasteiger charge is -2.42. The van der Waals surface area contributed by atoms with Crippen molar-refractivity contribution in [2.24, 2.45) is 5.73 Å². The average molecular weight is 282 g/mol. The second-order valence-electron chi connectivity index (χ2n) is 5.43. The van der Waals surface area contributed by atoms with E-state index in [0.717, 1.165) is 36.6 Å². The molecule has 0 aromatic heterocycles. The number of nitrogens with zero attached hydrogens (tertiary/aromatic N) is 1. The standard InChI is InChI=1S/C15H24ClN3/c1-2-9-19-10-7-15(12-17,8-11-19)18-14-6-4-3-5-13(14)16/h3-6,18H,2,7-12,17H2,1H3. The molecule has 1 aromatic rings. The Hall–Kier alpha value is -0.770. The summed E-state index contributed by atoms with van der Waals surface area (Å²) in [4.78, 5) is 2.52. The summed E-state index contributed by atoms with van der Waals surface area (Å²) < 4.78 is 0. The lowest BCUT2D eigenvalue weighted by atomic mass is 9.87. The molecule has 1 heterocycles. The normalized spacial score (nSPS) is 19.3. The van der Waals surface area contributed by atoms with Gasteiger partial charge >= 0.3 is 0 Å². The Morgan fingerprint density at radius 2 is 2.00 bits per heavy atom. The van der Waals surface area contributed by atoms with Crippen LogP contribution in [0.5, 0.6) is 0 Å². The van der Waals surface area contributed by atoms with E-state index in [1.807, 2.05) is 24.3 Å². The lowest BCUT2D eigenvalue weighted by Crippen LogP contribution is -2.53. The van der Waals surface area contributed by atoms with Crippen LogP contribution in [0.15, 0.2) is 24.3 Å². The lowest BCUT2D eigenvalue weighted by molar-refractivity contribution is 0.177. The van der Waals surface area contributed by atoms with Gasteiger partial charge in [0.25, 0.3) is 0 Å². The zero-order valence-corrected chi connectivity index (χ0v) is 12.4. The number of nitrogens with two attached hydrogens (primary N) is 1. The molecule has 0 bridgehead atoms. The Labute approximate surface area is 121 Å². The number of hydrogen-bond acceptors (Lipinski definition) is 3. The molecule has 0 aliphatic carbocycles. The highest BCUT2D eigenvalue weighted by Crippen LogP contribution is 2.30. The third kappa shape index (κ3) is 3.62. The number of rotatable bonds is 5. The van der Waals surface area contributed by atoms with Gasteiger partial charge in [0.05, 0.1) is 16.2 Å². The highest BCUT2D eigenvalue weighted by Gasteiger charge is 2.33. The van der Waals surface area contributed by atoms with Crippen LogP contribution in [0.25, 0.3) is 0 Å². The number of benzene rings is 1. The highest BCUT2D eigenvalue weighted by molar-refractivity contribution is 6.33. The van der Waals surface area contributed by atoms with Gasteiger partial charge in [-0.2, -0.15) is 0 Å². The van der Waals surface area contributed by atoms with Gasteiger partial charge in [0.1, 0.15) is 0 Å². The molecule has 19 heavy (non-hydrogen) atoms. The van der Waals surface area contributed by atoms with Crippen molar-refractivity contribution >= 4 is 17.3 Å². The Morgan fingerprint density at radius 1 is 1.32 bits per heavy atom. The van der Waals surface area contributed by atoms with Crippen LogP contribution in [0.4, 0.5) is 5.69 Å². The van der Waals surface area contributed by atoms with Crippen molar-refractivity contribution in [1.82, 2.24) is 4.90 Å². The predicted molar refractivity (Wildman–Crippen MR) is 82.8 cm³/mol. The molecule has 1 aliphatic rings. The van der Waals surface area contributed by atoms with Crippen molar-refractivity contribution in [2.75, 3.05) is 31.5 Å². The van der Waals surface area contributed by atoms with Crippen LogP contribution in [0.1, 0.15) is 26.2 Å². The van der Waals surface area contributed by atoms with E-state index < -0.39 is 0 Å². The minimum absolute atomic E-state index is 0.00473. The Morgan fingerprint density at radius 3 is 2.58 bits per heavy atom. The molecule has 0 saturated carbocycles. The number of hydrogen-bond donors (Lipinski definition) is 2. The van der Waals surface area contributed by atoms with Crippen LogP contribution in [-0.4, -0.2) is 36.6 Å². The van der Waals surface area contributed by atoms with Gasteiger partial charge in [-0.15, -0.1) is 0 Å². The van der Waals surface area contributed by atoms with Crippen molar-refractivity contribution in [2.45, 2.75) is 31.7 Å². The molecule has 1 saturated heterocycles. The molecule has 1 aliphatic heterocycles. The SMILES string of the molecule is CCCN1CCC(CN)(Nc2ccccc2Cl)CC1. The Kier molecular flexibility index (Phi) is 5.08. The summed E-state index contributed by atoms with van der Waals surface area (Å²) in [5, 5.41) is 4.36. The fourth-order valence-electron chi connectivity index (χ4n) is 2.75. The fraction of sp³-hybridized carbons (Fsp3) is 0.600. The van der Waals surface area contributed by atoms with Gasteiger partial charge in [0.2, 0.25) is 0 Å². The summed E-state index contributed by atoms with van der Waals surface area (Å²) in [6, 6.07) is 7.90. The molecule has 1 fully saturated rings. The van der Waals surface area contributed by atoms with Crippen molar-refractivity contribution in [3.05, 3.63) is 29.3 Å². The van der Waals surface area contributed by atoms with Crippen molar-refractivity contribution in [3.8, 4) is 0 Å². The number of nitrogens with one attached hydrogen (secondary N) is 1. The average Bonchev–Trinajstić information content (AvgIpc) is 2.44. The summed E-state index contributed by atoms with van der Waals surface area (Å²) in [7, 11) is 0. The van der Waals surface area contributed by atoms with Gasteiger partial charge in [-0.05, 0) is 37.9 Å². The van der Waals surface area contributed by atoms with Gasteiger partial charge in [-0.25, -0.2) is 0 Å². The maximum absolute atomic E-state index is 6.23. The first-order valence-corrected chi connectivity index (χ1v) is 7.52. The van der Waals surface area contributed by atoms with E-state index in [0.29, 0.717) is 6.54 Å². The number of piperidine rings is 1. The Bertz CT molecular complexity index is 400. The van der Waals surface area contributed by atoms with Crippen LogP contribution in [0.3, 0.4) is 0 Å². The molecule has 0 unspecified atom stereocenters. The second-order valence-corrected chi connectivity index (χ2v) is 5.84. The zero-order chi connectivity index (χ0) is 13.7. The van der Waals surface area contributed by atoms with Gasteiger partial charge in [0, 0.05) is 19.6 Å². The van der Waals surface area contributed by atoms with Crippen LogP contribution < -0.4 is 11.1 Å². The van der Waals surface area contributed by atoms with Crippen molar-refractivity contribution < 1.29 is 0 Å². The smallest absolute Gasteiger partial charge is 0.0637 e. The fourth-order valence-corrected chi connectivity index (χ4v) is 2.93. The van der Waals surface area contributed by atoms with Crippen molar-refractivity contribution in [1.29, 1.82) is 0 Å². The summed E-state index contributed by atoms with van der Waals surface area (Å²) in [6.07, 6.45) is 3.37. The summed E-state index contributed by atoms with van der Waals surface area (Å²) in [5.74, 6) is 0. The molecule has 1 aromatic carbocycles. The third-order valence-corrected chi connectivity index (χ3v) is 4.35. The molecule has 0 amide bonds. The number of para-hydroxylation sites is 1. The third-order valence-electron chi connectivity index (χ3n) is 4.02. The maximum Gasteiger partial charge on any atom is 0.0637 e. The molecule has 0 radical (unpaired) electrons. The summed E-state index contributed by atoms with van der Waals surface area (Å²) in [6.45, 7) is 6.29. The molecular formula is C15H24ClN3. The van der Waals surface area contributed by atoms with Gasteiger partial charge < -0.3 is 16.0 Å². The maximum atomic E-state index is 6.23. The molecular weight excluding hydrogens is 258 g/mol. The molecule has 3 N–H and O–H groups in total. The number of halogens is 1. The number of likely N-dealkylation sites (tertiary alicyclic amines) is 1. The second kappa shape index (κ2) is 6.60. The van der Waals surface area contributed by atoms with E-state index in [9.17, 15) is 0 Å². The largest absolute Gasteiger partial charge is 0.377 e. The van der Waals surface area contributed by atoms with E-state index in [-0.39, 0.29) is 5.54 Å². The molecule has 4 heteroatoms. The molecule has 0 spiro atoms. The monoisotopic (exact) mass is 281 g/mol. The van der Waals surface area contributed by atoms with E-state index in [1.165, 1.54) is 13.0 Å². The zero-order valence-electron chi connectivity index (χ0n) is 11.7. The van der Waals surface area contributed by atoms with Crippen LogP contribution in [0.2, 0.25) is 5.02 Å². The quantitative estimate of drug-likeness (QED) is 0.872. The van der Waals surface area contributed by atoms with Crippen LogP contribution >= 0.6 is 11.6 Å². The predicted octanol–water partition coefficient (Wildman–Crippen LogP) is 2.96. The van der Waals surface area contributed by atoms with E-state index in [1.54, 1.807) is 0 Å². The minimum Gasteiger partial charge on any atom is -0.377 e. The van der Waals surface area contributed by atoms with E-state index in [4.69, 9.17) is 17.3 Å². The first-order valence-electron chi connectivity index (χ1n) is 7.14. The van der Waals surface area contributed by atoms with E-state index in [2.05, 4.69) is 17.1 Å². The molecule has 3 nitrogen and oxygen atoms in total. The van der Waals surface area contributed by atoms with Crippen molar-refractivity contribution in [3.63, 3.8) is 0 Å². The molecule has 2 rings (SSSR count). The van der Waals surface area contributed by atoms with Crippen LogP contribution in [-0.2, 0) is 0 Å². The van der Waals surface area contributed by atoms with Gasteiger partial charge in [-0.3, -0.25) is 0 Å². The first-order chi connectivity index (χ1) is 9.19. The highest BCUT2D eigenvalue weighted by atomic mass is 35.5. The summed E-state index contributed by atoms with van der Waals surface area (Å²) in [5.41, 5.74) is 7.03. The van der Waals surface area contributed by atoms with Gasteiger partial charge in [0.15, 0.2) is 0 Å². The molecule has 0 atom stereocenters. The van der Waals surface area contributed by atoms with Gasteiger partial charge in [-0.1, -0.05) is 30.7 Å². The Balaban J connectivity index is 2.02. The topological polar surface area (TPSA) is 41.3 Å². The van der Waals surface area contributed by atoms with E-state index >= 15 is 0 Å². The summed E-state index contributed by atoms with van der Waals surface area (Å²) >= 11 is 6.23.